The third kappa shape index (κ3) is 3.92. The van der Waals surface area contributed by atoms with E-state index in [9.17, 15) is 17.6 Å². The minimum Gasteiger partial charge on any atom is -0.495 e. The molecular weight excluding hydrogens is 395 g/mol. The van der Waals surface area contributed by atoms with Gasteiger partial charge in [0.2, 0.25) is 15.9 Å². The Morgan fingerprint density at radius 1 is 1.26 bits per heavy atom. The lowest BCUT2D eigenvalue weighted by molar-refractivity contribution is -0.118. The van der Waals surface area contributed by atoms with Gasteiger partial charge in [-0.15, -0.1) is 0 Å². The van der Waals surface area contributed by atoms with Crippen molar-refractivity contribution in [1.82, 2.24) is 4.72 Å². The van der Waals surface area contributed by atoms with Crippen LogP contribution in [0.5, 0.6) is 5.75 Å². The average Bonchev–Trinajstić information content (AvgIpc) is 2.97. The summed E-state index contributed by atoms with van der Waals surface area (Å²) in [6, 6.07) is 7.52. The van der Waals surface area contributed by atoms with Gasteiger partial charge in [-0.1, -0.05) is 11.6 Å². The van der Waals surface area contributed by atoms with Crippen LogP contribution in [0.25, 0.3) is 0 Å². The quantitative estimate of drug-likeness (QED) is 0.819. The Bertz CT molecular complexity index is 997. The second-order valence-electron chi connectivity index (χ2n) is 6.18. The molecule has 3 rings (SSSR count). The standard InChI is InChI=1S/C18H18ClFN2O4S/c1-11-9-12(3-5-15(11)20)22-8-7-16(18(22)23)21-27(24,25)13-4-6-17(26-2)14(19)10-13/h3-6,9-10,16,21H,7-8H2,1-2H3/t16-/m1/s1. The van der Waals surface area contributed by atoms with Crippen LogP contribution in [0.3, 0.4) is 0 Å². The summed E-state index contributed by atoms with van der Waals surface area (Å²) in [5.74, 6) is -0.395. The second-order valence-corrected chi connectivity index (χ2v) is 8.30. The monoisotopic (exact) mass is 412 g/mol. The maximum absolute atomic E-state index is 13.4. The molecule has 6 nitrogen and oxygen atoms in total. The minimum atomic E-state index is -3.94. The van der Waals surface area contributed by atoms with Gasteiger partial charge in [-0.2, -0.15) is 4.72 Å². The summed E-state index contributed by atoms with van der Waals surface area (Å²) in [6.07, 6.45) is 0.304. The van der Waals surface area contributed by atoms with E-state index < -0.39 is 16.1 Å². The van der Waals surface area contributed by atoms with Crippen LogP contribution >= 0.6 is 11.6 Å². The van der Waals surface area contributed by atoms with E-state index in [1.165, 1.54) is 42.3 Å². The normalized spacial score (nSPS) is 17.4. The maximum Gasteiger partial charge on any atom is 0.245 e. The first kappa shape index (κ1) is 19.6. The van der Waals surface area contributed by atoms with Gasteiger partial charge >= 0.3 is 0 Å². The Kier molecular flexibility index (Phi) is 5.41. The number of hydrogen-bond donors (Lipinski definition) is 1. The van der Waals surface area contributed by atoms with Crippen molar-refractivity contribution in [3.63, 3.8) is 0 Å². The molecule has 27 heavy (non-hydrogen) atoms. The molecule has 2 aromatic rings. The first-order chi connectivity index (χ1) is 12.7. The lowest BCUT2D eigenvalue weighted by Gasteiger charge is -2.18. The molecule has 2 aromatic carbocycles. The number of carbonyl (C=O) groups is 1. The van der Waals surface area contributed by atoms with Crippen LogP contribution < -0.4 is 14.4 Å². The molecule has 0 bridgehead atoms. The number of halogens is 2. The SMILES string of the molecule is COc1ccc(S(=O)(=O)N[C@@H]2CCN(c3ccc(F)c(C)c3)C2=O)cc1Cl. The van der Waals surface area contributed by atoms with Crippen molar-refractivity contribution in [1.29, 1.82) is 0 Å². The number of aryl methyl sites for hydroxylation is 1. The summed E-state index contributed by atoms with van der Waals surface area (Å²) in [5, 5.41) is 0.154. The zero-order chi connectivity index (χ0) is 19.8. The largest absolute Gasteiger partial charge is 0.495 e. The number of sulfonamides is 1. The number of ether oxygens (including phenoxy) is 1. The number of carbonyl (C=O) groups excluding carboxylic acids is 1. The van der Waals surface area contributed by atoms with E-state index in [2.05, 4.69) is 4.72 Å². The van der Waals surface area contributed by atoms with Gasteiger partial charge in [0.25, 0.3) is 0 Å². The van der Waals surface area contributed by atoms with E-state index in [4.69, 9.17) is 16.3 Å². The second kappa shape index (κ2) is 7.46. The predicted molar refractivity (Wildman–Crippen MR) is 100 cm³/mol. The van der Waals surface area contributed by atoms with Crippen molar-refractivity contribution in [3.05, 3.63) is 52.8 Å². The summed E-state index contributed by atoms with van der Waals surface area (Å²) in [6.45, 7) is 1.94. The first-order valence-corrected chi connectivity index (χ1v) is 10.0. The number of benzene rings is 2. The smallest absolute Gasteiger partial charge is 0.245 e. The van der Waals surface area contributed by atoms with Crippen molar-refractivity contribution in [2.45, 2.75) is 24.3 Å². The van der Waals surface area contributed by atoms with Crippen molar-refractivity contribution in [2.24, 2.45) is 0 Å². The van der Waals surface area contributed by atoms with Crippen molar-refractivity contribution in [3.8, 4) is 5.75 Å². The van der Waals surface area contributed by atoms with Gasteiger partial charge in [0, 0.05) is 12.2 Å². The molecule has 0 unspecified atom stereocenters. The third-order valence-electron chi connectivity index (χ3n) is 4.39. The van der Waals surface area contributed by atoms with Gasteiger partial charge in [0.1, 0.15) is 17.6 Å². The number of nitrogens with one attached hydrogen (secondary N) is 1. The Balaban J connectivity index is 1.78. The van der Waals surface area contributed by atoms with Crippen LogP contribution in [0.1, 0.15) is 12.0 Å². The summed E-state index contributed by atoms with van der Waals surface area (Å²) >= 11 is 5.99. The zero-order valence-corrected chi connectivity index (χ0v) is 16.3. The molecular formula is C18H18ClFN2O4S. The Labute approximate surface area is 161 Å². The average molecular weight is 413 g/mol. The van der Waals surface area contributed by atoms with E-state index in [-0.39, 0.29) is 21.6 Å². The van der Waals surface area contributed by atoms with Gasteiger partial charge in [0.05, 0.1) is 17.0 Å². The van der Waals surface area contributed by atoms with Crippen molar-refractivity contribution >= 4 is 33.2 Å². The Morgan fingerprint density at radius 3 is 2.63 bits per heavy atom. The summed E-state index contributed by atoms with van der Waals surface area (Å²) in [7, 11) is -2.51. The van der Waals surface area contributed by atoms with Crippen LogP contribution in [-0.4, -0.2) is 34.0 Å². The molecule has 0 aromatic heterocycles. The first-order valence-electron chi connectivity index (χ1n) is 8.16. The number of amides is 1. The lowest BCUT2D eigenvalue weighted by atomic mass is 10.2. The molecule has 1 atom stereocenters. The molecule has 1 N–H and O–H groups in total. The number of hydrogen-bond acceptors (Lipinski definition) is 4. The molecule has 0 saturated carbocycles. The van der Waals surface area contributed by atoms with E-state index >= 15 is 0 Å². The molecule has 0 aliphatic carbocycles. The molecule has 144 valence electrons. The predicted octanol–water partition coefficient (Wildman–Crippen LogP) is 2.88. The molecule has 1 amide bonds. The highest BCUT2D eigenvalue weighted by atomic mass is 35.5. The van der Waals surface area contributed by atoms with Crippen LogP contribution in [0, 0.1) is 12.7 Å². The topological polar surface area (TPSA) is 75.7 Å². The Hall–Kier alpha value is -2.16. The molecule has 9 heteroatoms. The van der Waals surface area contributed by atoms with Gasteiger partial charge < -0.3 is 9.64 Å². The van der Waals surface area contributed by atoms with Crippen LogP contribution in [0.15, 0.2) is 41.3 Å². The van der Waals surface area contributed by atoms with E-state index in [0.29, 0.717) is 30.0 Å². The highest BCUT2D eigenvalue weighted by Crippen LogP contribution is 2.28. The number of methoxy groups -OCH3 is 1. The lowest BCUT2D eigenvalue weighted by Crippen LogP contribution is -2.41. The molecule has 1 aliphatic heterocycles. The number of rotatable bonds is 5. The molecule has 0 spiro atoms. The zero-order valence-electron chi connectivity index (χ0n) is 14.7. The summed E-state index contributed by atoms with van der Waals surface area (Å²) in [5.41, 5.74) is 0.949. The summed E-state index contributed by atoms with van der Waals surface area (Å²) in [4.78, 5) is 14.0. The van der Waals surface area contributed by atoms with Crippen molar-refractivity contribution < 1.29 is 22.3 Å². The van der Waals surface area contributed by atoms with Gasteiger partial charge in [-0.3, -0.25) is 4.79 Å². The van der Waals surface area contributed by atoms with Crippen LogP contribution in [0.4, 0.5) is 10.1 Å². The highest BCUT2D eigenvalue weighted by molar-refractivity contribution is 7.89. The van der Waals surface area contributed by atoms with E-state index in [0.717, 1.165) is 0 Å². The van der Waals surface area contributed by atoms with Gasteiger partial charge in [-0.05, 0) is 55.3 Å². The molecule has 1 saturated heterocycles. The number of nitrogens with zero attached hydrogens (tertiary/aromatic N) is 1. The fraction of sp³-hybridized carbons (Fsp3) is 0.278. The molecule has 1 heterocycles. The van der Waals surface area contributed by atoms with Crippen molar-refractivity contribution in [2.75, 3.05) is 18.6 Å². The fourth-order valence-electron chi connectivity index (χ4n) is 2.91. The third-order valence-corrected chi connectivity index (χ3v) is 6.15. The van der Waals surface area contributed by atoms with Crippen LogP contribution in [-0.2, 0) is 14.8 Å². The Morgan fingerprint density at radius 2 is 2.00 bits per heavy atom. The maximum atomic E-state index is 13.4. The van der Waals surface area contributed by atoms with Crippen LogP contribution in [0.2, 0.25) is 5.02 Å². The fourth-order valence-corrected chi connectivity index (χ4v) is 4.48. The highest BCUT2D eigenvalue weighted by Gasteiger charge is 2.36. The van der Waals surface area contributed by atoms with Gasteiger partial charge in [-0.25, -0.2) is 12.8 Å². The molecule has 1 aliphatic rings. The summed E-state index contributed by atoms with van der Waals surface area (Å²) < 4.78 is 46.1. The van der Waals surface area contributed by atoms with E-state index in [1.54, 1.807) is 13.0 Å². The van der Waals surface area contributed by atoms with Gasteiger partial charge in [0.15, 0.2) is 0 Å². The van der Waals surface area contributed by atoms with E-state index in [1.807, 2.05) is 0 Å². The minimum absolute atomic E-state index is 0.0582. The number of anilines is 1. The molecule has 1 fully saturated rings. The molecule has 0 radical (unpaired) electrons.